The Kier molecular flexibility index (Phi) is 2.07. The van der Waals surface area contributed by atoms with Crippen LogP contribution in [0.15, 0.2) is 33.7 Å². The average molecular weight is 229 g/mol. The molecule has 0 fully saturated rings. The van der Waals surface area contributed by atoms with Crippen LogP contribution in [0.5, 0.6) is 0 Å². The Morgan fingerprint density at radius 1 is 1.50 bits per heavy atom. The normalized spacial score (nSPS) is 21.5. The van der Waals surface area contributed by atoms with Gasteiger partial charge in [-0.25, -0.2) is 0 Å². The summed E-state index contributed by atoms with van der Waals surface area (Å²) in [7, 11) is 0. The van der Waals surface area contributed by atoms with Gasteiger partial charge in [0.1, 0.15) is 12.0 Å². The van der Waals surface area contributed by atoms with Gasteiger partial charge in [0.25, 0.3) is 0 Å². The van der Waals surface area contributed by atoms with E-state index < -0.39 is 0 Å². The highest BCUT2D eigenvalue weighted by Gasteiger charge is 2.22. The SMILES string of the molecule is OCC1=C2OC=C(Br)C=C2CC1. The van der Waals surface area contributed by atoms with Crippen LogP contribution in [0.2, 0.25) is 0 Å². The number of aliphatic hydroxyl groups is 1. The number of fused-ring (bicyclic) bond motifs is 1. The molecule has 0 aromatic heterocycles. The molecular weight excluding hydrogens is 220 g/mol. The van der Waals surface area contributed by atoms with Crippen LogP contribution in [-0.2, 0) is 4.74 Å². The number of rotatable bonds is 1. The molecule has 1 N–H and O–H groups in total. The first-order valence-corrected chi connectivity index (χ1v) is 4.66. The second kappa shape index (κ2) is 3.07. The maximum atomic E-state index is 8.97. The topological polar surface area (TPSA) is 29.5 Å². The van der Waals surface area contributed by atoms with Crippen molar-refractivity contribution in [3.8, 4) is 0 Å². The molecule has 12 heavy (non-hydrogen) atoms. The van der Waals surface area contributed by atoms with Gasteiger partial charge in [-0.05, 0) is 46.0 Å². The highest BCUT2D eigenvalue weighted by atomic mass is 79.9. The minimum absolute atomic E-state index is 0.109. The Morgan fingerprint density at radius 2 is 2.33 bits per heavy atom. The smallest absolute Gasteiger partial charge is 0.131 e. The zero-order valence-electron chi connectivity index (χ0n) is 6.51. The number of ether oxygens (including phenoxy) is 1. The van der Waals surface area contributed by atoms with Crippen molar-refractivity contribution in [3.63, 3.8) is 0 Å². The summed E-state index contributed by atoms with van der Waals surface area (Å²) in [5.41, 5.74) is 2.20. The molecule has 3 heteroatoms. The van der Waals surface area contributed by atoms with Crippen molar-refractivity contribution < 1.29 is 9.84 Å². The van der Waals surface area contributed by atoms with E-state index in [1.54, 1.807) is 6.26 Å². The molecule has 1 heterocycles. The predicted octanol–water partition coefficient (Wildman–Crippen LogP) is 2.22. The predicted molar refractivity (Wildman–Crippen MR) is 49.5 cm³/mol. The van der Waals surface area contributed by atoms with E-state index in [0.717, 1.165) is 28.7 Å². The van der Waals surface area contributed by atoms with Crippen LogP contribution in [-0.4, -0.2) is 11.7 Å². The summed E-state index contributed by atoms with van der Waals surface area (Å²) in [6, 6.07) is 0. The molecule has 1 aliphatic heterocycles. The van der Waals surface area contributed by atoms with Crippen molar-refractivity contribution in [1.82, 2.24) is 0 Å². The van der Waals surface area contributed by atoms with Crippen LogP contribution in [0.1, 0.15) is 12.8 Å². The minimum atomic E-state index is 0.109. The van der Waals surface area contributed by atoms with Gasteiger partial charge in [0, 0.05) is 0 Å². The third-order valence-corrected chi connectivity index (χ3v) is 2.52. The summed E-state index contributed by atoms with van der Waals surface area (Å²) in [6.45, 7) is 0.109. The number of halogens is 1. The first-order chi connectivity index (χ1) is 5.81. The number of aliphatic hydroxyl groups excluding tert-OH is 1. The van der Waals surface area contributed by atoms with Crippen LogP contribution in [0.4, 0.5) is 0 Å². The average Bonchev–Trinajstić information content (AvgIpc) is 2.46. The molecule has 0 saturated heterocycles. The second-order valence-corrected chi connectivity index (χ2v) is 3.80. The first-order valence-electron chi connectivity index (χ1n) is 3.87. The maximum absolute atomic E-state index is 8.97. The van der Waals surface area contributed by atoms with Gasteiger partial charge in [0.05, 0.1) is 11.1 Å². The van der Waals surface area contributed by atoms with Crippen LogP contribution < -0.4 is 0 Å². The lowest BCUT2D eigenvalue weighted by Crippen LogP contribution is -1.96. The van der Waals surface area contributed by atoms with E-state index in [-0.39, 0.29) is 6.61 Å². The summed E-state index contributed by atoms with van der Waals surface area (Å²) in [5, 5.41) is 8.97. The summed E-state index contributed by atoms with van der Waals surface area (Å²) >= 11 is 3.34. The largest absolute Gasteiger partial charge is 0.463 e. The minimum Gasteiger partial charge on any atom is -0.463 e. The highest BCUT2D eigenvalue weighted by Crippen LogP contribution is 2.36. The molecule has 2 nitrogen and oxygen atoms in total. The molecule has 2 aliphatic rings. The summed E-state index contributed by atoms with van der Waals surface area (Å²) in [6.07, 6.45) is 5.60. The monoisotopic (exact) mass is 228 g/mol. The van der Waals surface area contributed by atoms with Gasteiger partial charge < -0.3 is 9.84 Å². The van der Waals surface area contributed by atoms with Gasteiger partial charge in [-0.3, -0.25) is 0 Å². The molecule has 0 atom stereocenters. The van der Waals surface area contributed by atoms with E-state index in [2.05, 4.69) is 15.9 Å². The van der Waals surface area contributed by atoms with Crippen molar-refractivity contribution in [2.75, 3.05) is 6.61 Å². The fourth-order valence-corrected chi connectivity index (χ4v) is 1.87. The molecular formula is C9H9BrO2. The van der Waals surface area contributed by atoms with E-state index in [4.69, 9.17) is 9.84 Å². The standard InChI is InChI=1S/C9H9BrO2/c10-8-3-6-1-2-7(4-11)9(6)12-5-8/h3,5,11H,1-2,4H2. The van der Waals surface area contributed by atoms with Gasteiger partial charge in [0.15, 0.2) is 0 Å². The van der Waals surface area contributed by atoms with E-state index in [1.165, 1.54) is 5.57 Å². The molecule has 1 aliphatic carbocycles. The quantitative estimate of drug-likeness (QED) is 0.746. The molecule has 0 saturated carbocycles. The zero-order valence-corrected chi connectivity index (χ0v) is 8.10. The van der Waals surface area contributed by atoms with Crippen LogP contribution >= 0.6 is 15.9 Å². The molecule has 0 amide bonds. The number of hydrogen-bond acceptors (Lipinski definition) is 2. The fourth-order valence-electron chi connectivity index (χ4n) is 1.50. The third-order valence-electron chi connectivity index (χ3n) is 2.10. The molecule has 0 spiro atoms. The van der Waals surface area contributed by atoms with Crippen molar-refractivity contribution in [1.29, 1.82) is 0 Å². The van der Waals surface area contributed by atoms with Crippen molar-refractivity contribution in [3.05, 3.63) is 33.7 Å². The zero-order chi connectivity index (χ0) is 8.55. The van der Waals surface area contributed by atoms with Gasteiger partial charge >= 0.3 is 0 Å². The fraction of sp³-hybridized carbons (Fsp3) is 0.333. The Morgan fingerprint density at radius 3 is 3.08 bits per heavy atom. The van der Waals surface area contributed by atoms with Crippen LogP contribution in [0.25, 0.3) is 0 Å². The molecule has 0 unspecified atom stereocenters. The van der Waals surface area contributed by atoms with Crippen LogP contribution in [0.3, 0.4) is 0 Å². The molecule has 0 radical (unpaired) electrons. The van der Waals surface area contributed by atoms with Gasteiger partial charge in [0.2, 0.25) is 0 Å². The lowest BCUT2D eigenvalue weighted by atomic mass is 10.2. The number of hydrogen-bond donors (Lipinski definition) is 1. The van der Waals surface area contributed by atoms with Gasteiger partial charge in [-0.1, -0.05) is 0 Å². The van der Waals surface area contributed by atoms with E-state index >= 15 is 0 Å². The van der Waals surface area contributed by atoms with E-state index in [0.29, 0.717) is 0 Å². The van der Waals surface area contributed by atoms with Crippen molar-refractivity contribution >= 4 is 15.9 Å². The highest BCUT2D eigenvalue weighted by molar-refractivity contribution is 9.11. The summed E-state index contributed by atoms with van der Waals surface area (Å²) in [5.74, 6) is 0.876. The lowest BCUT2D eigenvalue weighted by Gasteiger charge is -2.11. The Labute approximate surface area is 79.4 Å². The van der Waals surface area contributed by atoms with E-state index in [1.807, 2.05) is 6.08 Å². The second-order valence-electron chi connectivity index (χ2n) is 2.88. The molecule has 0 aromatic carbocycles. The number of allylic oxidation sites excluding steroid dienone is 3. The first kappa shape index (κ1) is 8.08. The van der Waals surface area contributed by atoms with Crippen LogP contribution in [0, 0.1) is 0 Å². The Balaban J connectivity index is 2.35. The molecule has 0 bridgehead atoms. The maximum Gasteiger partial charge on any atom is 0.131 e. The van der Waals surface area contributed by atoms with E-state index in [9.17, 15) is 0 Å². The molecule has 64 valence electrons. The Hall–Kier alpha value is -0.540. The third kappa shape index (κ3) is 1.23. The summed E-state index contributed by atoms with van der Waals surface area (Å²) < 4.78 is 6.32. The van der Waals surface area contributed by atoms with Crippen molar-refractivity contribution in [2.45, 2.75) is 12.8 Å². The molecule has 2 rings (SSSR count). The van der Waals surface area contributed by atoms with Crippen molar-refractivity contribution in [2.24, 2.45) is 0 Å². The molecule has 0 aromatic rings. The summed E-state index contributed by atoms with van der Waals surface area (Å²) in [4.78, 5) is 0. The van der Waals surface area contributed by atoms with Gasteiger partial charge in [-0.15, -0.1) is 0 Å². The van der Waals surface area contributed by atoms with Gasteiger partial charge in [-0.2, -0.15) is 0 Å². The lowest BCUT2D eigenvalue weighted by molar-refractivity contribution is 0.307. The Bertz CT molecular complexity index is 300.